The molecule has 1 aromatic heterocycles. The van der Waals surface area contributed by atoms with Crippen LogP contribution < -0.4 is 5.73 Å². The first-order chi connectivity index (χ1) is 14.7. The molecule has 0 radical (unpaired) electrons. The van der Waals surface area contributed by atoms with E-state index in [4.69, 9.17) is 11.3 Å². The molecule has 5 heteroatoms. The van der Waals surface area contributed by atoms with Crippen LogP contribution in [0.25, 0.3) is 27.9 Å². The van der Waals surface area contributed by atoms with Crippen molar-refractivity contribution in [3.63, 3.8) is 0 Å². The summed E-state index contributed by atoms with van der Waals surface area (Å²) in [6.45, 7) is 3.17. The number of hydrogen-bond acceptors (Lipinski definition) is 2. The minimum absolute atomic E-state index is 0.254. The number of para-hydroxylation sites is 1. The maximum atomic E-state index is 6.94. The zero-order chi connectivity index (χ0) is 20.7. The standard InChI is InChI=1S/C25H23N5/c1-16-12-17-6-2-3-7-18(17)13-20(16)15-30-23-9-5-4-8-21(23)22-14-19(10-11-24(22)30)25(26)28-29-27/h2-11,13-14,16H,12,15H2,1H3,(H3,26,27,28). The van der Waals surface area contributed by atoms with Crippen LogP contribution in [0.1, 0.15) is 23.6 Å². The topological polar surface area (TPSA) is 79.5 Å². The fourth-order valence-electron chi connectivity index (χ4n) is 4.54. The molecule has 1 aliphatic carbocycles. The van der Waals surface area contributed by atoms with Gasteiger partial charge < -0.3 is 10.3 Å². The number of benzene rings is 3. The molecule has 0 bridgehead atoms. The van der Waals surface area contributed by atoms with Crippen molar-refractivity contribution >= 4 is 33.7 Å². The Morgan fingerprint density at radius 1 is 1.03 bits per heavy atom. The second-order valence-corrected chi connectivity index (χ2v) is 7.94. The number of fused-ring (bicyclic) bond motifs is 4. The van der Waals surface area contributed by atoms with Gasteiger partial charge in [-0.3, -0.25) is 0 Å². The minimum Gasteiger partial charge on any atom is -0.382 e. The van der Waals surface area contributed by atoms with Crippen LogP contribution in [0.4, 0.5) is 0 Å². The highest BCUT2D eigenvalue weighted by Gasteiger charge is 2.20. The lowest BCUT2D eigenvalue weighted by Crippen LogP contribution is -2.14. The molecule has 1 aliphatic rings. The molecule has 30 heavy (non-hydrogen) atoms. The molecular formula is C25H23N5. The van der Waals surface area contributed by atoms with E-state index in [1.165, 1.54) is 33.1 Å². The van der Waals surface area contributed by atoms with Gasteiger partial charge in [0.2, 0.25) is 0 Å². The molecule has 0 saturated carbocycles. The summed E-state index contributed by atoms with van der Waals surface area (Å²) in [6, 6.07) is 23.2. The second-order valence-electron chi connectivity index (χ2n) is 7.94. The minimum atomic E-state index is 0.254. The Kier molecular flexibility index (Phi) is 4.43. The predicted molar refractivity (Wildman–Crippen MR) is 123 cm³/mol. The quantitative estimate of drug-likeness (QED) is 0.198. The van der Waals surface area contributed by atoms with Crippen molar-refractivity contribution in [2.75, 3.05) is 0 Å². The number of hydrogen-bond donors (Lipinski definition) is 2. The van der Waals surface area contributed by atoms with E-state index in [9.17, 15) is 0 Å². The van der Waals surface area contributed by atoms with Crippen LogP contribution in [0.5, 0.6) is 0 Å². The van der Waals surface area contributed by atoms with Crippen LogP contribution >= 0.6 is 0 Å². The van der Waals surface area contributed by atoms with Gasteiger partial charge in [-0.15, -0.1) is 5.10 Å². The largest absolute Gasteiger partial charge is 0.382 e. The van der Waals surface area contributed by atoms with Gasteiger partial charge in [-0.05, 0) is 53.3 Å². The Hall–Kier alpha value is -3.73. The van der Waals surface area contributed by atoms with Gasteiger partial charge >= 0.3 is 0 Å². The zero-order valence-corrected chi connectivity index (χ0v) is 16.8. The third-order valence-electron chi connectivity index (χ3n) is 6.12. The molecule has 1 unspecified atom stereocenters. The molecule has 0 saturated heterocycles. The first kappa shape index (κ1) is 18.3. The first-order valence-corrected chi connectivity index (χ1v) is 10.2. The molecule has 0 amide bonds. The predicted octanol–water partition coefficient (Wildman–Crippen LogP) is 5.72. The van der Waals surface area contributed by atoms with Gasteiger partial charge in [0.15, 0.2) is 5.84 Å². The maximum Gasteiger partial charge on any atom is 0.155 e. The molecule has 0 spiro atoms. The number of nitrogens with one attached hydrogen (secondary N) is 1. The Balaban J connectivity index is 1.66. The average molecular weight is 393 g/mol. The normalized spacial score (nSPS) is 16.5. The van der Waals surface area contributed by atoms with Crippen molar-refractivity contribution in [2.24, 2.45) is 22.0 Å². The van der Waals surface area contributed by atoms with Crippen LogP contribution in [-0.2, 0) is 13.0 Å². The maximum absolute atomic E-state index is 6.94. The van der Waals surface area contributed by atoms with Crippen molar-refractivity contribution in [3.8, 4) is 0 Å². The van der Waals surface area contributed by atoms with Gasteiger partial charge in [0, 0.05) is 33.9 Å². The highest BCUT2D eigenvalue weighted by atomic mass is 15.3. The summed E-state index contributed by atoms with van der Waals surface area (Å²) in [6.07, 6.45) is 3.44. The molecule has 5 nitrogen and oxygen atoms in total. The number of amidine groups is 1. The smallest absolute Gasteiger partial charge is 0.155 e. The van der Waals surface area contributed by atoms with Gasteiger partial charge in [-0.2, -0.15) is 5.53 Å². The van der Waals surface area contributed by atoms with Crippen LogP contribution in [0.3, 0.4) is 0 Å². The number of nitrogens with two attached hydrogens (primary N) is 1. The number of rotatable bonds is 4. The lowest BCUT2D eigenvalue weighted by molar-refractivity contribution is 0.619. The summed E-state index contributed by atoms with van der Waals surface area (Å²) in [4.78, 5) is 0. The monoisotopic (exact) mass is 393 g/mol. The molecule has 4 aromatic rings. The molecule has 148 valence electrons. The Morgan fingerprint density at radius 3 is 2.67 bits per heavy atom. The van der Waals surface area contributed by atoms with E-state index in [1.54, 1.807) is 0 Å². The Labute approximate surface area is 175 Å². The molecule has 1 atom stereocenters. The number of nitrogens with zero attached hydrogens (tertiary/aromatic N) is 3. The molecule has 5 rings (SSSR count). The van der Waals surface area contributed by atoms with E-state index >= 15 is 0 Å². The molecule has 1 heterocycles. The van der Waals surface area contributed by atoms with Crippen LogP contribution in [0.2, 0.25) is 0 Å². The lowest BCUT2D eigenvalue weighted by atomic mass is 9.84. The third kappa shape index (κ3) is 2.99. The highest BCUT2D eigenvalue weighted by molar-refractivity contribution is 6.11. The second kappa shape index (κ2) is 7.26. The van der Waals surface area contributed by atoms with Crippen molar-refractivity contribution in [1.82, 2.24) is 4.57 Å². The first-order valence-electron chi connectivity index (χ1n) is 10.2. The highest BCUT2D eigenvalue weighted by Crippen LogP contribution is 2.34. The Bertz CT molecular complexity index is 1340. The Morgan fingerprint density at radius 2 is 1.80 bits per heavy atom. The summed E-state index contributed by atoms with van der Waals surface area (Å²) in [5.74, 6) is 0.751. The fraction of sp³-hybridized carbons (Fsp3) is 0.160. The van der Waals surface area contributed by atoms with Crippen molar-refractivity contribution < 1.29 is 0 Å². The average Bonchev–Trinajstić information content (AvgIpc) is 3.07. The van der Waals surface area contributed by atoms with E-state index in [2.05, 4.69) is 82.5 Å². The van der Waals surface area contributed by atoms with E-state index < -0.39 is 0 Å². The molecule has 3 aromatic carbocycles. The number of allylic oxidation sites excluding steroid dienone is 1. The third-order valence-corrected chi connectivity index (χ3v) is 6.12. The molecule has 3 N–H and O–H groups in total. The summed E-state index contributed by atoms with van der Waals surface area (Å²) < 4.78 is 2.40. The van der Waals surface area contributed by atoms with Gasteiger partial charge in [0.1, 0.15) is 0 Å². The van der Waals surface area contributed by atoms with Gasteiger partial charge in [0.25, 0.3) is 0 Å². The van der Waals surface area contributed by atoms with E-state index in [-0.39, 0.29) is 5.84 Å². The van der Waals surface area contributed by atoms with Gasteiger partial charge in [-0.25, -0.2) is 0 Å². The van der Waals surface area contributed by atoms with Gasteiger partial charge in [0.05, 0.1) is 0 Å². The summed E-state index contributed by atoms with van der Waals surface area (Å²) in [5, 5.41) is 9.07. The molecule has 0 aliphatic heterocycles. The molecular weight excluding hydrogens is 370 g/mol. The zero-order valence-electron chi connectivity index (χ0n) is 16.8. The van der Waals surface area contributed by atoms with Crippen molar-refractivity contribution in [2.45, 2.75) is 19.9 Å². The van der Waals surface area contributed by atoms with Crippen LogP contribution in [0, 0.1) is 11.4 Å². The van der Waals surface area contributed by atoms with Gasteiger partial charge in [-0.1, -0.05) is 60.7 Å². The SMILES string of the molecule is CC1Cc2ccccc2C=C1Cn1c2ccccc2c2cc(C(N)=NN=N)ccc21. The van der Waals surface area contributed by atoms with Crippen molar-refractivity contribution in [3.05, 3.63) is 89.0 Å². The van der Waals surface area contributed by atoms with Crippen molar-refractivity contribution in [1.29, 1.82) is 5.53 Å². The molecule has 0 fully saturated rings. The van der Waals surface area contributed by atoms with Crippen LogP contribution in [0.15, 0.2) is 82.6 Å². The summed E-state index contributed by atoms with van der Waals surface area (Å²) in [5.41, 5.74) is 20.3. The summed E-state index contributed by atoms with van der Waals surface area (Å²) >= 11 is 0. The van der Waals surface area contributed by atoms with E-state index in [0.717, 1.165) is 23.9 Å². The lowest BCUT2D eigenvalue weighted by Gasteiger charge is -2.24. The van der Waals surface area contributed by atoms with Crippen LogP contribution in [-0.4, -0.2) is 10.4 Å². The van der Waals surface area contributed by atoms with E-state index in [0.29, 0.717) is 5.92 Å². The summed E-state index contributed by atoms with van der Waals surface area (Å²) in [7, 11) is 0. The number of aromatic nitrogens is 1. The fourth-order valence-corrected chi connectivity index (χ4v) is 4.54. The van der Waals surface area contributed by atoms with E-state index in [1.807, 2.05) is 12.1 Å².